The zero-order valence-electron chi connectivity index (χ0n) is 10.8. The first kappa shape index (κ1) is 12.3. The summed E-state index contributed by atoms with van der Waals surface area (Å²) in [6, 6.07) is 1.24. The Bertz CT molecular complexity index is 228. The molecule has 4 nitrogen and oxygen atoms in total. The van der Waals surface area contributed by atoms with Crippen LogP contribution in [0.1, 0.15) is 20.3 Å². The molecule has 3 atom stereocenters. The summed E-state index contributed by atoms with van der Waals surface area (Å²) in [4.78, 5) is 4.95. The Kier molecular flexibility index (Phi) is 3.54. The maximum absolute atomic E-state index is 6.34. The molecule has 0 spiro atoms. The lowest BCUT2D eigenvalue weighted by molar-refractivity contribution is 0.0441. The number of piperazine rings is 1. The van der Waals surface area contributed by atoms with E-state index in [1.165, 1.54) is 0 Å². The minimum Gasteiger partial charge on any atom is -0.379 e. The topological polar surface area (TPSA) is 41.7 Å². The predicted molar refractivity (Wildman–Crippen MR) is 65.5 cm³/mol. The lowest BCUT2D eigenvalue weighted by Crippen LogP contribution is -2.60. The lowest BCUT2D eigenvalue weighted by atomic mass is 9.98. The zero-order chi connectivity index (χ0) is 11.8. The summed E-state index contributed by atoms with van der Waals surface area (Å²) in [5, 5.41) is 0. The molecule has 0 radical (unpaired) electrons. The van der Waals surface area contributed by atoms with Crippen molar-refractivity contribution in [1.29, 1.82) is 0 Å². The largest absolute Gasteiger partial charge is 0.379 e. The van der Waals surface area contributed by atoms with Gasteiger partial charge in [0.15, 0.2) is 0 Å². The number of likely N-dealkylation sites (N-methyl/N-ethyl adjacent to an activating group) is 1. The summed E-state index contributed by atoms with van der Waals surface area (Å²) in [7, 11) is 2.21. The zero-order valence-corrected chi connectivity index (χ0v) is 10.8. The molecule has 3 unspecified atom stereocenters. The fourth-order valence-corrected chi connectivity index (χ4v) is 2.84. The van der Waals surface area contributed by atoms with Crippen molar-refractivity contribution in [2.75, 3.05) is 39.9 Å². The smallest absolute Gasteiger partial charge is 0.0659 e. The molecule has 0 bridgehead atoms. The second kappa shape index (κ2) is 4.61. The summed E-state index contributed by atoms with van der Waals surface area (Å²) < 4.78 is 5.41. The van der Waals surface area contributed by atoms with E-state index in [4.69, 9.17) is 10.5 Å². The molecule has 0 amide bonds. The average molecular weight is 227 g/mol. The van der Waals surface area contributed by atoms with Gasteiger partial charge in [0.25, 0.3) is 0 Å². The predicted octanol–water partition coefficient (Wildman–Crippen LogP) is 0.129. The quantitative estimate of drug-likeness (QED) is 0.728. The second-order valence-corrected chi connectivity index (χ2v) is 5.72. The van der Waals surface area contributed by atoms with Crippen LogP contribution in [0.3, 0.4) is 0 Å². The van der Waals surface area contributed by atoms with E-state index in [1.54, 1.807) is 0 Å². The Morgan fingerprint density at radius 2 is 1.94 bits per heavy atom. The average Bonchev–Trinajstić information content (AvgIpc) is 2.61. The number of ether oxygens (including phenoxy) is 1. The number of rotatable bonds is 2. The first-order valence-corrected chi connectivity index (χ1v) is 6.31. The Morgan fingerprint density at radius 1 is 1.31 bits per heavy atom. The van der Waals surface area contributed by atoms with E-state index in [9.17, 15) is 0 Å². The van der Waals surface area contributed by atoms with Crippen LogP contribution in [-0.4, -0.2) is 67.3 Å². The number of hydrogen-bond donors (Lipinski definition) is 1. The molecule has 0 aliphatic carbocycles. The van der Waals surface area contributed by atoms with Gasteiger partial charge in [-0.3, -0.25) is 9.80 Å². The Hall–Kier alpha value is -0.160. The molecule has 0 aromatic carbocycles. The summed E-state index contributed by atoms with van der Waals surface area (Å²) in [5.74, 6) is 0. The summed E-state index contributed by atoms with van der Waals surface area (Å²) in [5.41, 5.74) is 6.23. The number of nitrogens with zero attached hydrogens (tertiary/aromatic N) is 2. The highest BCUT2D eigenvalue weighted by Crippen LogP contribution is 2.20. The SMILES string of the molecule is CC1CN(CC2(N)CCOC2)CC(C)N1C. The summed E-state index contributed by atoms with van der Waals surface area (Å²) in [6.45, 7) is 9.36. The molecular weight excluding hydrogens is 202 g/mol. The van der Waals surface area contributed by atoms with Gasteiger partial charge in [-0.1, -0.05) is 0 Å². The third-order valence-corrected chi connectivity index (χ3v) is 4.11. The van der Waals surface area contributed by atoms with Crippen LogP contribution in [-0.2, 0) is 4.74 Å². The van der Waals surface area contributed by atoms with Crippen molar-refractivity contribution in [1.82, 2.24) is 9.80 Å². The van der Waals surface area contributed by atoms with Crippen molar-refractivity contribution < 1.29 is 4.74 Å². The number of nitrogens with two attached hydrogens (primary N) is 1. The minimum atomic E-state index is -0.102. The third kappa shape index (κ3) is 2.56. The first-order chi connectivity index (χ1) is 7.50. The second-order valence-electron chi connectivity index (χ2n) is 5.72. The molecule has 0 aromatic heterocycles. The lowest BCUT2D eigenvalue weighted by Gasteiger charge is -2.44. The Morgan fingerprint density at radius 3 is 2.44 bits per heavy atom. The van der Waals surface area contributed by atoms with Gasteiger partial charge in [-0.25, -0.2) is 0 Å². The van der Waals surface area contributed by atoms with Crippen molar-refractivity contribution in [3.63, 3.8) is 0 Å². The van der Waals surface area contributed by atoms with Gasteiger partial charge in [0.2, 0.25) is 0 Å². The van der Waals surface area contributed by atoms with Crippen molar-refractivity contribution in [3.05, 3.63) is 0 Å². The van der Waals surface area contributed by atoms with E-state index >= 15 is 0 Å². The minimum absolute atomic E-state index is 0.102. The number of hydrogen-bond acceptors (Lipinski definition) is 4. The van der Waals surface area contributed by atoms with Crippen LogP contribution in [0.2, 0.25) is 0 Å². The Balaban J connectivity index is 1.91. The highest BCUT2D eigenvalue weighted by atomic mass is 16.5. The molecule has 2 aliphatic rings. The van der Waals surface area contributed by atoms with Crippen LogP contribution in [0.5, 0.6) is 0 Å². The Labute approximate surface area is 98.7 Å². The van der Waals surface area contributed by atoms with Gasteiger partial charge in [0, 0.05) is 38.3 Å². The fraction of sp³-hybridized carbons (Fsp3) is 1.00. The van der Waals surface area contributed by atoms with Crippen LogP contribution in [0, 0.1) is 0 Å². The first-order valence-electron chi connectivity index (χ1n) is 6.31. The molecule has 0 saturated carbocycles. The van der Waals surface area contributed by atoms with Gasteiger partial charge in [0.05, 0.1) is 12.1 Å². The van der Waals surface area contributed by atoms with E-state index in [0.717, 1.165) is 39.3 Å². The van der Waals surface area contributed by atoms with E-state index in [1.807, 2.05) is 0 Å². The highest BCUT2D eigenvalue weighted by Gasteiger charge is 2.35. The van der Waals surface area contributed by atoms with Crippen molar-refractivity contribution in [3.8, 4) is 0 Å². The van der Waals surface area contributed by atoms with Gasteiger partial charge < -0.3 is 10.5 Å². The van der Waals surface area contributed by atoms with Crippen molar-refractivity contribution in [2.24, 2.45) is 5.73 Å². The van der Waals surface area contributed by atoms with Gasteiger partial charge in [-0.15, -0.1) is 0 Å². The monoisotopic (exact) mass is 227 g/mol. The molecule has 2 saturated heterocycles. The molecule has 2 fully saturated rings. The van der Waals surface area contributed by atoms with Gasteiger partial charge in [-0.2, -0.15) is 0 Å². The normalized spacial score (nSPS) is 42.8. The van der Waals surface area contributed by atoms with Gasteiger partial charge in [0.1, 0.15) is 0 Å². The van der Waals surface area contributed by atoms with Crippen LogP contribution in [0.15, 0.2) is 0 Å². The molecular formula is C12H25N3O. The third-order valence-electron chi connectivity index (χ3n) is 4.11. The van der Waals surface area contributed by atoms with Crippen molar-refractivity contribution in [2.45, 2.75) is 37.9 Å². The maximum atomic E-state index is 6.34. The standard InChI is InChI=1S/C12H25N3O/c1-10-6-15(7-11(2)14(10)3)8-12(13)4-5-16-9-12/h10-11H,4-9,13H2,1-3H3. The van der Waals surface area contributed by atoms with E-state index in [-0.39, 0.29) is 5.54 Å². The van der Waals surface area contributed by atoms with Crippen LogP contribution >= 0.6 is 0 Å². The highest BCUT2D eigenvalue weighted by molar-refractivity contribution is 4.94. The van der Waals surface area contributed by atoms with Crippen LogP contribution < -0.4 is 5.73 Å². The molecule has 2 N–H and O–H groups in total. The summed E-state index contributed by atoms with van der Waals surface area (Å²) >= 11 is 0. The molecule has 4 heteroatoms. The molecule has 2 rings (SSSR count). The summed E-state index contributed by atoms with van der Waals surface area (Å²) in [6.07, 6.45) is 1.00. The van der Waals surface area contributed by atoms with Gasteiger partial charge in [-0.05, 0) is 27.3 Å². The molecule has 0 aromatic rings. The van der Waals surface area contributed by atoms with E-state index in [2.05, 4.69) is 30.7 Å². The van der Waals surface area contributed by atoms with E-state index < -0.39 is 0 Å². The fourth-order valence-electron chi connectivity index (χ4n) is 2.84. The molecule has 2 aliphatic heterocycles. The maximum Gasteiger partial charge on any atom is 0.0659 e. The van der Waals surface area contributed by atoms with E-state index in [0.29, 0.717) is 12.1 Å². The molecule has 16 heavy (non-hydrogen) atoms. The van der Waals surface area contributed by atoms with Crippen LogP contribution in [0.25, 0.3) is 0 Å². The molecule has 94 valence electrons. The van der Waals surface area contributed by atoms with Crippen LogP contribution in [0.4, 0.5) is 0 Å². The van der Waals surface area contributed by atoms with Gasteiger partial charge >= 0.3 is 0 Å². The van der Waals surface area contributed by atoms with Crippen molar-refractivity contribution >= 4 is 0 Å². The molecule has 2 heterocycles.